The summed E-state index contributed by atoms with van der Waals surface area (Å²) < 4.78 is 1.82. The van der Waals surface area contributed by atoms with E-state index in [1.165, 1.54) is 10.4 Å². The Morgan fingerprint density at radius 3 is 3.12 bits per heavy atom. The smallest absolute Gasteiger partial charge is 0.315 e. The largest absolute Gasteiger partial charge is 0.337 e. The van der Waals surface area contributed by atoms with Gasteiger partial charge in [-0.2, -0.15) is 5.10 Å². The molecule has 7 heteroatoms. The molecule has 2 atom stereocenters. The van der Waals surface area contributed by atoms with E-state index in [1.807, 2.05) is 35.2 Å². The average Bonchev–Trinajstić information content (AvgIpc) is 3.22. The van der Waals surface area contributed by atoms with Crippen LogP contribution in [0, 0.1) is 0 Å². The Morgan fingerprint density at radius 2 is 2.33 bits per heavy atom. The van der Waals surface area contributed by atoms with Crippen molar-refractivity contribution in [3.63, 3.8) is 0 Å². The minimum absolute atomic E-state index is 0.0311. The monoisotopic (exact) mass is 347 g/mol. The van der Waals surface area contributed by atoms with Crippen molar-refractivity contribution in [2.24, 2.45) is 0 Å². The van der Waals surface area contributed by atoms with Gasteiger partial charge in [-0.1, -0.05) is 0 Å². The van der Waals surface area contributed by atoms with Crippen molar-refractivity contribution in [1.29, 1.82) is 0 Å². The Balaban J connectivity index is 1.39. The van der Waals surface area contributed by atoms with Crippen LogP contribution < -0.4 is 10.6 Å². The lowest BCUT2D eigenvalue weighted by atomic mass is 10.1. The number of nitrogens with one attached hydrogen (secondary N) is 2. The lowest BCUT2D eigenvalue weighted by Crippen LogP contribution is -2.48. The second-order valence-corrected chi connectivity index (χ2v) is 7.42. The van der Waals surface area contributed by atoms with Gasteiger partial charge in [-0.25, -0.2) is 4.79 Å². The highest BCUT2D eigenvalue weighted by Crippen LogP contribution is 2.24. The molecule has 0 saturated carbocycles. The predicted molar refractivity (Wildman–Crippen MR) is 96.1 cm³/mol. The van der Waals surface area contributed by atoms with Crippen molar-refractivity contribution < 1.29 is 4.79 Å². The molecule has 0 saturated heterocycles. The third-order valence-corrected chi connectivity index (χ3v) is 5.44. The highest BCUT2D eigenvalue weighted by atomic mass is 32.1. The summed E-state index contributed by atoms with van der Waals surface area (Å²) in [7, 11) is 0. The molecule has 0 bridgehead atoms. The molecule has 24 heavy (non-hydrogen) atoms. The Bertz CT molecular complexity index is 654. The lowest BCUT2D eigenvalue weighted by Gasteiger charge is -2.32. The summed E-state index contributed by atoms with van der Waals surface area (Å²) in [6.07, 6.45) is 4.75. The van der Waals surface area contributed by atoms with Crippen LogP contribution in [0.1, 0.15) is 24.3 Å². The molecule has 6 nitrogen and oxygen atoms in total. The number of nitrogens with zero attached hydrogens (tertiary/aromatic N) is 3. The summed E-state index contributed by atoms with van der Waals surface area (Å²) in [4.78, 5) is 16.0. The molecule has 1 aliphatic rings. The molecular formula is C17H25N5OS. The molecule has 1 aliphatic heterocycles. The summed E-state index contributed by atoms with van der Waals surface area (Å²) in [6, 6.07) is 4.34. The van der Waals surface area contributed by atoms with E-state index in [1.54, 1.807) is 6.20 Å². The van der Waals surface area contributed by atoms with Gasteiger partial charge in [0, 0.05) is 49.0 Å². The quantitative estimate of drug-likeness (QED) is 0.841. The van der Waals surface area contributed by atoms with E-state index in [2.05, 4.69) is 39.0 Å². The van der Waals surface area contributed by atoms with Crippen molar-refractivity contribution in [3.8, 4) is 0 Å². The Hall–Kier alpha value is -1.86. The van der Waals surface area contributed by atoms with Gasteiger partial charge < -0.3 is 10.6 Å². The third kappa shape index (κ3) is 4.36. The van der Waals surface area contributed by atoms with Crippen LogP contribution in [0.15, 0.2) is 29.9 Å². The van der Waals surface area contributed by atoms with Crippen LogP contribution in [0.25, 0.3) is 0 Å². The highest BCUT2D eigenvalue weighted by Gasteiger charge is 2.21. The Kier molecular flexibility index (Phi) is 5.52. The molecular weight excluding hydrogens is 322 g/mol. The van der Waals surface area contributed by atoms with Crippen LogP contribution >= 0.6 is 11.3 Å². The van der Waals surface area contributed by atoms with Crippen LogP contribution in [-0.4, -0.2) is 45.9 Å². The summed E-state index contributed by atoms with van der Waals surface area (Å²) in [5.74, 6) is 0. The van der Waals surface area contributed by atoms with E-state index in [4.69, 9.17) is 0 Å². The first-order chi connectivity index (χ1) is 11.6. The van der Waals surface area contributed by atoms with Crippen LogP contribution in [-0.2, 0) is 19.5 Å². The van der Waals surface area contributed by atoms with Gasteiger partial charge in [0.25, 0.3) is 0 Å². The van der Waals surface area contributed by atoms with Crippen LogP contribution in [0.4, 0.5) is 4.79 Å². The first kappa shape index (κ1) is 17.0. The molecule has 0 unspecified atom stereocenters. The Labute approximate surface area is 146 Å². The van der Waals surface area contributed by atoms with Crippen molar-refractivity contribution in [2.45, 2.75) is 45.4 Å². The second-order valence-electron chi connectivity index (χ2n) is 6.42. The summed E-state index contributed by atoms with van der Waals surface area (Å²) in [6.45, 7) is 7.52. The van der Waals surface area contributed by atoms with Gasteiger partial charge in [-0.05, 0) is 43.3 Å². The molecule has 2 N–H and O–H groups in total. The zero-order valence-electron chi connectivity index (χ0n) is 14.2. The number of thiophene rings is 1. The molecule has 2 aromatic rings. The molecule has 0 spiro atoms. The number of carbonyl (C=O) groups is 1. The number of urea groups is 1. The van der Waals surface area contributed by atoms with Crippen molar-refractivity contribution in [3.05, 3.63) is 40.3 Å². The fourth-order valence-corrected chi connectivity index (χ4v) is 3.92. The molecule has 130 valence electrons. The van der Waals surface area contributed by atoms with E-state index in [9.17, 15) is 4.79 Å². The average molecular weight is 347 g/mol. The van der Waals surface area contributed by atoms with Gasteiger partial charge >= 0.3 is 6.03 Å². The van der Waals surface area contributed by atoms with Crippen molar-refractivity contribution in [1.82, 2.24) is 25.3 Å². The van der Waals surface area contributed by atoms with Crippen LogP contribution in [0.3, 0.4) is 0 Å². The van der Waals surface area contributed by atoms with Gasteiger partial charge in [-0.3, -0.25) is 9.58 Å². The number of rotatable bonds is 6. The molecule has 2 aromatic heterocycles. The zero-order valence-corrected chi connectivity index (χ0v) is 15.1. The number of carbonyl (C=O) groups excluding carboxylic acids is 1. The molecule has 2 amide bonds. The van der Waals surface area contributed by atoms with Crippen LogP contribution in [0.2, 0.25) is 0 Å². The number of aromatic nitrogens is 2. The molecule has 3 rings (SSSR count). The summed E-state index contributed by atoms with van der Waals surface area (Å²) >= 11 is 1.85. The molecule has 0 aromatic carbocycles. The lowest BCUT2D eigenvalue weighted by molar-refractivity contribution is 0.185. The maximum Gasteiger partial charge on any atom is 0.315 e. The predicted octanol–water partition coefficient (Wildman–Crippen LogP) is 2.08. The minimum Gasteiger partial charge on any atom is -0.337 e. The van der Waals surface area contributed by atoms with Crippen molar-refractivity contribution >= 4 is 17.4 Å². The topological polar surface area (TPSA) is 62.2 Å². The standard InChI is InChI=1S/C17H25N5OS/c1-13(11-22-7-3-6-19-22)20-17(23)18-10-14(2)21-8-4-16-15(12-21)5-9-24-16/h3,5-7,9,13-14H,4,8,10-12H2,1-2H3,(H2,18,20,23)/t13-,14-/m0/s1. The van der Waals surface area contributed by atoms with E-state index in [0.717, 1.165) is 19.5 Å². The highest BCUT2D eigenvalue weighted by molar-refractivity contribution is 7.10. The minimum atomic E-state index is -0.116. The number of hydrogen-bond acceptors (Lipinski definition) is 4. The van der Waals surface area contributed by atoms with E-state index in [-0.39, 0.29) is 12.1 Å². The Morgan fingerprint density at radius 1 is 1.46 bits per heavy atom. The zero-order chi connectivity index (χ0) is 16.9. The van der Waals surface area contributed by atoms with E-state index >= 15 is 0 Å². The first-order valence-corrected chi connectivity index (χ1v) is 9.31. The molecule has 0 radical (unpaired) electrons. The first-order valence-electron chi connectivity index (χ1n) is 8.43. The maximum absolute atomic E-state index is 12.1. The van der Waals surface area contributed by atoms with Crippen molar-refractivity contribution in [2.75, 3.05) is 13.1 Å². The van der Waals surface area contributed by atoms with Gasteiger partial charge in [0.1, 0.15) is 0 Å². The summed E-state index contributed by atoms with van der Waals surface area (Å²) in [5, 5.41) is 12.3. The van der Waals surface area contributed by atoms with E-state index < -0.39 is 0 Å². The third-order valence-electron chi connectivity index (χ3n) is 4.42. The normalized spacial score (nSPS) is 17.1. The summed E-state index contributed by atoms with van der Waals surface area (Å²) in [5.41, 5.74) is 1.44. The van der Waals surface area contributed by atoms with Gasteiger partial charge in [0.15, 0.2) is 0 Å². The molecule has 3 heterocycles. The SMILES string of the molecule is C[C@@H](Cn1cccn1)NC(=O)NC[C@H](C)N1CCc2sccc2C1. The van der Waals surface area contributed by atoms with E-state index in [0.29, 0.717) is 19.1 Å². The van der Waals surface area contributed by atoms with Gasteiger partial charge in [0.05, 0.1) is 6.54 Å². The molecule has 0 fully saturated rings. The molecule has 0 aliphatic carbocycles. The van der Waals surface area contributed by atoms with Gasteiger partial charge in [-0.15, -0.1) is 11.3 Å². The fourth-order valence-electron chi connectivity index (χ4n) is 3.03. The van der Waals surface area contributed by atoms with Gasteiger partial charge in [0.2, 0.25) is 0 Å². The second kappa shape index (κ2) is 7.81. The maximum atomic E-state index is 12.1. The number of hydrogen-bond donors (Lipinski definition) is 2. The number of fused-ring (bicyclic) bond motifs is 1. The fraction of sp³-hybridized carbons (Fsp3) is 0.529. The number of amides is 2. The van der Waals surface area contributed by atoms with Crippen LogP contribution in [0.5, 0.6) is 0 Å².